The van der Waals surface area contributed by atoms with Gasteiger partial charge in [-0.1, -0.05) is 23.2 Å². The number of nitrogens with zero attached hydrogens (tertiary/aromatic N) is 2. The topological polar surface area (TPSA) is 41.7 Å². The van der Waals surface area contributed by atoms with Crippen molar-refractivity contribution in [3.63, 3.8) is 0 Å². The molecule has 0 saturated carbocycles. The molecule has 0 aromatic heterocycles. The van der Waals surface area contributed by atoms with Crippen molar-refractivity contribution in [2.24, 2.45) is 0 Å². The van der Waals surface area contributed by atoms with Crippen molar-refractivity contribution < 1.29 is 4.74 Å². The van der Waals surface area contributed by atoms with Crippen molar-refractivity contribution in [3.05, 3.63) is 22.2 Å². The Morgan fingerprint density at radius 1 is 1.16 bits per heavy atom. The Bertz CT molecular complexity index is 411. The van der Waals surface area contributed by atoms with E-state index in [1.807, 2.05) is 0 Å². The van der Waals surface area contributed by atoms with Crippen LogP contribution in [-0.4, -0.2) is 56.2 Å². The molecule has 0 spiro atoms. The SMILES string of the molecule is CN1CCN(CCOc2c(Cl)cc(N)cc2Cl)CC1. The van der Waals surface area contributed by atoms with Crippen LogP contribution in [0.2, 0.25) is 10.0 Å². The Kier molecular flexibility index (Phi) is 5.16. The van der Waals surface area contributed by atoms with E-state index in [9.17, 15) is 0 Å². The van der Waals surface area contributed by atoms with Gasteiger partial charge in [-0.3, -0.25) is 4.90 Å². The molecule has 0 amide bonds. The van der Waals surface area contributed by atoms with Crippen molar-refractivity contribution in [1.82, 2.24) is 9.80 Å². The van der Waals surface area contributed by atoms with Crippen LogP contribution in [-0.2, 0) is 0 Å². The van der Waals surface area contributed by atoms with E-state index in [1.54, 1.807) is 12.1 Å². The minimum atomic E-state index is 0.461. The largest absolute Gasteiger partial charge is 0.489 e. The van der Waals surface area contributed by atoms with Gasteiger partial charge in [0.2, 0.25) is 0 Å². The van der Waals surface area contributed by atoms with Crippen LogP contribution in [0.4, 0.5) is 5.69 Å². The molecule has 106 valence electrons. The molecule has 0 unspecified atom stereocenters. The highest BCUT2D eigenvalue weighted by atomic mass is 35.5. The van der Waals surface area contributed by atoms with Crippen LogP contribution in [0.3, 0.4) is 0 Å². The molecular weight excluding hydrogens is 285 g/mol. The highest BCUT2D eigenvalue weighted by molar-refractivity contribution is 6.37. The van der Waals surface area contributed by atoms with Crippen LogP contribution in [0.15, 0.2) is 12.1 Å². The Labute approximate surface area is 124 Å². The molecule has 0 radical (unpaired) electrons. The summed E-state index contributed by atoms with van der Waals surface area (Å²) in [6.07, 6.45) is 0. The molecule has 1 heterocycles. The maximum absolute atomic E-state index is 6.07. The van der Waals surface area contributed by atoms with Crippen LogP contribution < -0.4 is 10.5 Å². The number of benzene rings is 1. The Hall–Kier alpha value is -0.680. The molecule has 1 aromatic rings. The van der Waals surface area contributed by atoms with Gasteiger partial charge in [-0.05, 0) is 19.2 Å². The van der Waals surface area contributed by atoms with Crippen LogP contribution in [0.1, 0.15) is 0 Å². The van der Waals surface area contributed by atoms with Crippen LogP contribution in [0, 0.1) is 0 Å². The number of hydrogen-bond acceptors (Lipinski definition) is 4. The van der Waals surface area contributed by atoms with E-state index >= 15 is 0 Å². The summed E-state index contributed by atoms with van der Waals surface area (Å²) in [5.41, 5.74) is 6.19. The second-order valence-electron chi connectivity index (χ2n) is 4.81. The quantitative estimate of drug-likeness (QED) is 0.866. The molecule has 1 aliphatic heterocycles. The minimum absolute atomic E-state index is 0.461. The van der Waals surface area contributed by atoms with Gasteiger partial charge in [-0.15, -0.1) is 0 Å². The minimum Gasteiger partial charge on any atom is -0.489 e. The van der Waals surface area contributed by atoms with E-state index in [4.69, 9.17) is 33.7 Å². The smallest absolute Gasteiger partial charge is 0.156 e. The number of rotatable bonds is 4. The fraction of sp³-hybridized carbons (Fsp3) is 0.538. The second-order valence-corrected chi connectivity index (χ2v) is 5.62. The van der Waals surface area contributed by atoms with Gasteiger partial charge in [-0.2, -0.15) is 0 Å². The predicted octanol–water partition coefficient (Wildman–Crippen LogP) is 2.20. The number of anilines is 1. The molecule has 1 aromatic carbocycles. The third-order valence-electron chi connectivity index (χ3n) is 3.27. The molecule has 0 aliphatic carbocycles. The van der Waals surface area contributed by atoms with Gasteiger partial charge in [0.15, 0.2) is 5.75 Å². The van der Waals surface area contributed by atoms with Crippen LogP contribution >= 0.6 is 23.2 Å². The maximum atomic E-state index is 6.07. The Morgan fingerprint density at radius 2 is 1.74 bits per heavy atom. The summed E-state index contributed by atoms with van der Waals surface area (Å²) in [6, 6.07) is 3.30. The molecule has 0 bridgehead atoms. The van der Waals surface area contributed by atoms with Gasteiger partial charge in [0, 0.05) is 38.4 Å². The number of likely N-dealkylation sites (N-methyl/N-ethyl adjacent to an activating group) is 1. The molecule has 19 heavy (non-hydrogen) atoms. The summed E-state index contributed by atoms with van der Waals surface area (Å²) in [5.74, 6) is 0.520. The van der Waals surface area contributed by atoms with Gasteiger partial charge in [0.1, 0.15) is 6.61 Å². The molecule has 4 nitrogen and oxygen atoms in total. The first-order chi connectivity index (χ1) is 9.06. The van der Waals surface area contributed by atoms with E-state index < -0.39 is 0 Å². The fourth-order valence-electron chi connectivity index (χ4n) is 2.07. The number of halogens is 2. The lowest BCUT2D eigenvalue weighted by Gasteiger charge is -2.32. The van der Waals surface area contributed by atoms with E-state index in [2.05, 4.69) is 16.8 Å². The molecule has 1 fully saturated rings. The lowest BCUT2D eigenvalue weighted by Crippen LogP contribution is -2.45. The normalized spacial score (nSPS) is 17.6. The lowest BCUT2D eigenvalue weighted by atomic mass is 10.3. The summed E-state index contributed by atoms with van der Waals surface area (Å²) in [6.45, 7) is 5.80. The van der Waals surface area contributed by atoms with Gasteiger partial charge in [0.05, 0.1) is 10.0 Å². The number of nitrogens with two attached hydrogens (primary N) is 1. The summed E-state index contributed by atoms with van der Waals surface area (Å²) in [5, 5.41) is 0.923. The lowest BCUT2D eigenvalue weighted by molar-refractivity contribution is 0.134. The van der Waals surface area contributed by atoms with Crippen molar-refractivity contribution in [2.75, 3.05) is 52.1 Å². The summed E-state index contributed by atoms with van der Waals surface area (Å²) >= 11 is 12.1. The van der Waals surface area contributed by atoms with Crippen molar-refractivity contribution >= 4 is 28.9 Å². The monoisotopic (exact) mass is 303 g/mol. The highest BCUT2D eigenvalue weighted by Gasteiger charge is 2.14. The Balaban J connectivity index is 1.83. The number of nitrogen functional groups attached to an aromatic ring is 1. The molecular formula is C13H19Cl2N3O. The number of ether oxygens (including phenoxy) is 1. The standard InChI is InChI=1S/C13H19Cl2N3O/c1-17-2-4-18(5-3-17)6-7-19-13-11(14)8-10(16)9-12(13)15/h8-9H,2-7,16H2,1H3. The van der Waals surface area contributed by atoms with Crippen molar-refractivity contribution in [2.45, 2.75) is 0 Å². The first-order valence-corrected chi connectivity index (χ1v) is 7.10. The van der Waals surface area contributed by atoms with E-state index in [0.717, 1.165) is 32.7 Å². The van der Waals surface area contributed by atoms with Gasteiger partial charge in [-0.25, -0.2) is 0 Å². The van der Waals surface area contributed by atoms with E-state index in [1.165, 1.54) is 0 Å². The predicted molar refractivity (Wildman–Crippen MR) is 80.3 cm³/mol. The summed E-state index contributed by atoms with van der Waals surface area (Å²) in [7, 11) is 2.14. The summed E-state index contributed by atoms with van der Waals surface area (Å²) < 4.78 is 5.68. The third-order valence-corrected chi connectivity index (χ3v) is 3.83. The first-order valence-electron chi connectivity index (χ1n) is 6.34. The van der Waals surface area contributed by atoms with Gasteiger partial charge < -0.3 is 15.4 Å². The van der Waals surface area contributed by atoms with Crippen LogP contribution in [0.5, 0.6) is 5.75 Å². The van der Waals surface area contributed by atoms with Gasteiger partial charge >= 0.3 is 0 Å². The van der Waals surface area contributed by atoms with Crippen molar-refractivity contribution in [3.8, 4) is 5.75 Å². The zero-order valence-electron chi connectivity index (χ0n) is 11.0. The second kappa shape index (κ2) is 6.66. The van der Waals surface area contributed by atoms with Crippen molar-refractivity contribution in [1.29, 1.82) is 0 Å². The third kappa shape index (κ3) is 4.14. The van der Waals surface area contributed by atoms with Crippen LogP contribution in [0.25, 0.3) is 0 Å². The average molecular weight is 304 g/mol. The molecule has 6 heteroatoms. The maximum Gasteiger partial charge on any atom is 0.156 e. The number of hydrogen-bond donors (Lipinski definition) is 1. The van der Waals surface area contributed by atoms with Gasteiger partial charge in [0.25, 0.3) is 0 Å². The molecule has 2 rings (SSSR count). The zero-order chi connectivity index (χ0) is 13.8. The number of piperazine rings is 1. The first kappa shape index (κ1) is 14.7. The zero-order valence-corrected chi connectivity index (χ0v) is 12.5. The molecule has 0 atom stereocenters. The molecule has 1 saturated heterocycles. The highest BCUT2D eigenvalue weighted by Crippen LogP contribution is 2.34. The van der Waals surface area contributed by atoms with E-state index in [-0.39, 0.29) is 0 Å². The molecule has 2 N–H and O–H groups in total. The Morgan fingerprint density at radius 3 is 2.32 bits per heavy atom. The summed E-state index contributed by atoms with van der Waals surface area (Å²) in [4.78, 5) is 4.70. The average Bonchev–Trinajstić information content (AvgIpc) is 2.34. The fourth-order valence-corrected chi connectivity index (χ4v) is 2.68. The van der Waals surface area contributed by atoms with E-state index in [0.29, 0.717) is 28.1 Å². The molecule has 1 aliphatic rings.